The summed E-state index contributed by atoms with van der Waals surface area (Å²) in [4.78, 5) is 30.7. The van der Waals surface area contributed by atoms with E-state index in [1.807, 2.05) is 0 Å². The van der Waals surface area contributed by atoms with Gasteiger partial charge in [-0.2, -0.15) is 0 Å². The minimum absolute atomic E-state index is 0.508. The van der Waals surface area contributed by atoms with Gasteiger partial charge in [0.05, 0.1) is 5.92 Å². The summed E-state index contributed by atoms with van der Waals surface area (Å²) in [5.74, 6) is -1.34. The van der Waals surface area contributed by atoms with Crippen molar-refractivity contribution < 1.29 is 29.0 Å². The number of rotatable bonds is 1. The van der Waals surface area contributed by atoms with Crippen molar-refractivity contribution in [3.8, 4) is 0 Å². The first-order valence-corrected chi connectivity index (χ1v) is 3.10. The van der Waals surface area contributed by atoms with Gasteiger partial charge >= 0.3 is 18.3 Å². The minimum atomic E-state index is -1.81. The second kappa shape index (κ2) is 4.32. The summed E-state index contributed by atoms with van der Waals surface area (Å²) < 4.78 is 7.45. The van der Waals surface area contributed by atoms with Crippen LogP contribution in [0.3, 0.4) is 0 Å². The highest BCUT2D eigenvalue weighted by atomic mass is 16.8. The Morgan fingerprint density at radius 1 is 1.17 bits per heavy atom. The molecule has 0 saturated heterocycles. The van der Waals surface area contributed by atoms with Crippen LogP contribution in [0.5, 0.6) is 0 Å². The Labute approximate surface area is 68.1 Å². The quantitative estimate of drug-likeness (QED) is 0.473. The molecule has 0 aliphatic rings. The summed E-state index contributed by atoms with van der Waals surface area (Å²) in [5, 5.41) is 7.90. The average molecular weight is 176 g/mol. The fraction of sp³-hybridized carbons (Fsp3) is 0.500. The van der Waals surface area contributed by atoms with Crippen molar-refractivity contribution in [2.75, 3.05) is 0 Å². The smallest absolute Gasteiger partial charge is 0.449 e. The first kappa shape index (κ1) is 10.4. The lowest BCUT2D eigenvalue weighted by atomic mass is 10.2. The number of carboxylic acid groups (broad SMARTS) is 1. The molecule has 0 bridgehead atoms. The first-order valence-electron chi connectivity index (χ1n) is 3.10. The van der Waals surface area contributed by atoms with Gasteiger partial charge in [0, 0.05) is 0 Å². The maximum absolute atomic E-state index is 10.6. The molecule has 12 heavy (non-hydrogen) atoms. The summed E-state index contributed by atoms with van der Waals surface area (Å²) >= 11 is 0. The predicted molar refractivity (Wildman–Crippen MR) is 35.4 cm³/mol. The van der Waals surface area contributed by atoms with Gasteiger partial charge in [-0.05, 0) is 0 Å². The molecule has 0 aliphatic heterocycles. The molecular formula is C6H8O6. The van der Waals surface area contributed by atoms with E-state index in [-0.39, 0.29) is 0 Å². The van der Waals surface area contributed by atoms with Gasteiger partial charge in [-0.25, -0.2) is 9.59 Å². The fourth-order valence-electron chi connectivity index (χ4n) is 0.292. The van der Waals surface area contributed by atoms with Crippen LogP contribution in [0, 0.1) is 5.92 Å². The largest absolute Gasteiger partial charge is 0.526 e. The zero-order valence-electron chi connectivity index (χ0n) is 6.57. The van der Waals surface area contributed by atoms with E-state index >= 15 is 0 Å². The van der Waals surface area contributed by atoms with E-state index in [0.29, 0.717) is 0 Å². The van der Waals surface area contributed by atoms with Crippen molar-refractivity contribution in [2.45, 2.75) is 13.8 Å². The lowest BCUT2D eigenvalue weighted by Crippen LogP contribution is -2.19. The van der Waals surface area contributed by atoms with E-state index in [1.165, 1.54) is 13.8 Å². The van der Waals surface area contributed by atoms with E-state index in [2.05, 4.69) is 9.47 Å². The Balaban J connectivity index is 3.85. The van der Waals surface area contributed by atoms with Crippen LogP contribution >= 0.6 is 0 Å². The summed E-state index contributed by atoms with van der Waals surface area (Å²) in [7, 11) is 0. The molecular weight excluding hydrogens is 168 g/mol. The molecule has 0 rings (SSSR count). The molecule has 0 saturated carbocycles. The summed E-state index contributed by atoms with van der Waals surface area (Å²) in [5.41, 5.74) is 0. The topological polar surface area (TPSA) is 89.9 Å². The molecule has 0 spiro atoms. The van der Waals surface area contributed by atoms with Crippen molar-refractivity contribution >= 4 is 18.3 Å². The molecule has 0 aromatic rings. The van der Waals surface area contributed by atoms with Crippen molar-refractivity contribution in [1.82, 2.24) is 0 Å². The van der Waals surface area contributed by atoms with Gasteiger partial charge in [-0.15, -0.1) is 0 Å². The number of esters is 1. The Kier molecular flexibility index (Phi) is 3.75. The molecule has 0 atom stereocenters. The van der Waals surface area contributed by atoms with E-state index in [4.69, 9.17) is 5.11 Å². The standard InChI is InChI=1S/C6H8O6/c1-3(2)4(7)11-6(10)12-5(8)9/h3H,1-2H3,(H,8,9). The number of carbonyl (C=O) groups is 3. The van der Waals surface area contributed by atoms with Gasteiger partial charge in [-0.1, -0.05) is 13.8 Å². The second-order valence-corrected chi connectivity index (χ2v) is 2.19. The maximum Gasteiger partial charge on any atom is 0.526 e. The van der Waals surface area contributed by atoms with Crippen LogP contribution in [0.2, 0.25) is 0 Å². The Bertz CT molecular complexity index is 206. The zero-order valence-corrected chi connectivity index (χ0v) is 6.57. The van der Waals surface area contributed by atoms with Crippen LogP contribution in [-0.2, 0) is 14.3 Å². The molecule has 0 aromatic heterocycles. The monoisotopic (exact) mass is 176 g/mol. The molecule has 1 N–H and O–H groups in total. The van der Waals surface area contributed by atoms with Crippen LogP contribution in [-0.4, -0.2) is 23.4 Å². The van der Waals surface area contributed by atoms with Crippen LogP contribution in [0.15, 0.2) is 0 Å². The molecule has 0 unspecified atom stereocenters. The molecule has 0 aliphatic carbocycles. The highest BCUT2D eigenvalue weighted by Gasteiger charge is 2.17. The molecule has 68 valence electrons. The second-order valence-electron chi connectivity index (χ2n) is 2.19. The van der Waals surface area contributed by atoms with Gasteiger partial charge in [0.15, 0.2) is 0 Å². The molecule has 6 heteroatoms. The molecule has 0 fully saturated rings. The third-order valence-electron chi connectivity index (χ3n) is 0.826. The van der Waals surface area contributed by atoms with Crippen molar-refractivity contribution in [1.29, 1.82) is 0 Å². The van der Waals surface area contributed by atoms with Crippen LogP contribution in [0.1, 0.15) is 13.8 Å². The van der Waals surface area contributed by atoms with Gasteiger partial charge < -0.3 is 14.6 Å². The summed E-state index contributed by atoms with van der Waals surface area (Å²) in [6, 6.07) is 0. The average Bonchev–Trinajstić information content (AvgIpc) is 1.84. The number of hydrogen-bond acceptors (Lipinski definition) is 5. The number of ether oxygens (including phenoxy) is 2. The lowest BCUT2D eigenvalue weighted by Gasteiger charge is -2.02. The van der Waals surface area contributed by atoms with Crippen LogP contribution in [0.25, 0.3) is 0 Å². The van der Waals surface area contributed by atoms with Crippen LogP contribution < -0.4 is 0 Å². The third-order valence-corrected chi connectivity index (χ3v) is 0.826. The Morgan fingerprint density at radius 3 is 2.00 bits per heavy atom. The van der Waals surface area contributed by atoms with E-state index in [1.54, 1.807) is 0 Å². The Morgan fingerprint density at radius 2 is 1.67 bits per heavy atom. The zero-order chi connectivity index (χ0) is 9.72. The SMILES string of the molecule is CC(C)C(=O)OC(=O)OC(=O)O. The highest BCUT2D eigenvalue weighted by molar-refractivity contribution is 5.86. The van der Waals surface area contributed by atoms with E-state index in [9.17, 15) is 14.4 Å². The molecule has 0 amide bonds. The maximum atomic E-state index is 10.6. The first-order chi connectivity index (χ1) is 5.43. The molecule has 6 nitrogen and oxygen atoms in total. The van der Waals surface area contributed by atoms with Gasteiger partial charge in [-0.3, -0.25) is 4.79 Å². The molecule has 0 radical (unpaired) electrons. The lowest BCUT2D eigenvalue weighted by molar-refractivity contribution is -0.142. The number of carbonyl (C=O) groups excluding carboxylic acids is 2. The van der Waals surface area contributed by atoms with Gasteiger partial charge in [0.1, 0.15) is 0 Å². The Hall–Kier alpha value is -1.59. The number of hydrogen-bond donors (Lipinski definition) is 1. The van der Waals surface area contributed by atoms with Crippen LogP contribution in [0.4, 0.5) is 9.59 Å². The van der Waals surface area contributed by atoms with Gasteiger partial charge in [0.25, 0.3) is 0 Å². The summed E-state index contributed by atoms with van der Waals surface area (Å²) in [6.07, 6.45) is -3.34. The molecule has 0 aromatic carbocycles. The normalized spacial score (nSPS) is 9.25. The van der Waals surface area contributed by atoms with E-state index in [0.717, 1.165) is 0 Å². The minimum Gasteiger partial charge on any atom is -0.449 e. The van der Waals surface area contributed by atoms with Crippen molar-refractivity contribution in [3.63, 3.8) is 0 Å². The van der Waals surface area contributed by atoms with Crippen molar-refractivity contribution in [2.24, 2.45) is 5.92 Å². The van der Waals surface area contributed by atoms with Gasteiger partial charge in [0.2, 0.25) is 0 Å². The summed E-state index contributed by atoms with van der Waals surface area (Å²) in [6.45, 7) is 2.99. The van der Waals surface area contributed by atoms with E-state index < -0.39 is 24.2 Å². The predicted octanol–water partition coefficient (Wildman–Crippen LogP) is 1.00. The fourth-order valence-corrected chi connectivity index (χ4v) is 0.292. The molecule has 0 heterocycles. The highest BCUT2D eigenvalue weighted by Crippen LogP contribution is 1.97. The third kappa shape index (κ3) is 4.26. The van der Waals surface area contributed by atoms with Crippen molar-refractivity contribution in [3.05, 3.63) is 0 Å².